The molecule has 29 heavy (non-hydrogen) atoms. The summed E-state index contributed by atoms with van der Waals surface area (Å²) >= 11 is 0. The lowest BCUT2D eigenvalue weighted by atomic mass is 9.95. The molecule has 0 spiro atoms. The first-order valence-electron chi connectivity index (χ1n) is 9.70. The number of amides is 1. The Morgan fingerprint density at radius 1 is 1.21 bits per heavy atom. The molecule has 1 aromatic heterocycles. The normalized spacial score (nSPS) is 16.8. The SMILES string of the molecule is CCOc1ccc([C@@H]2C(C(=O)c3ccc(C)o3)=C(O)C(=O)N2CC[NH+](C)C)cc1. The zero-order valence-corrected chi connectivity index (χ0v) is 17.2. The molecular weight excluding hydrogens is 372 g/mol. The maximum atomic E-state index is 13.1. The molecule has 7 nitrogen and oxygen atoms in total. The molecule has 1 aliphatic rings. The van der Waals surface area contributed by atoms with Crippen molar-refractivity contribution in [2.24, 2.45) is 0 Å². The van der Waals surface area contributed by atoms with Gasteiger partial charge in [0.25, 0.3) is 5.91 Å². The zero-order chi connectivity index (χ0) is 21.1. The maximum Gasteiger partial charge on any atom is 0.290 e. The molecule has 1 aromatic carbocycles. The fraction of sp³-hybridized carbons (Fsp3) is 0.364. The zero-order valence-electron chi connectivity index (χ0n) is 17.2. The number of carbonyl (C=O) groups is 2. The van der Waals surface area contributed by atoms with Gasteiger partial charge in [-0.3, -0.25) is 9.59 Å². The number of quaternary nitrogens is 1. The molecular formula is C22H27N2O5+. The van der Waals surface area contributed by atoms with E-state index in [0.29, 0.717) is 31.2 Å². The highest BCUT2D eigenvalue weighted by Crippen LogP contribution is 2.39. The summed E-state index contributed by atoms with van der Waals surface area (Å²) in [5.41, 5.74) is 0.772. The lowest BCUT2D eigenvalue weighted by Gasteiger charge is -2.27. The fourth-order valence-corrected chi connectivity index (χ4v) is 3.41. The van der Waals surface area contributed by atoms with E-state index in [2.05, 4.69) is 0 Å². The predicted octanol–water partition coefficient (Wildman–Crippen LogP) is 1.71. The number of likely N-dealkylation sites (N-methyl/N-ethyl adjacent to an activating group) is 1. The number of rotatable bonds is 8. The van der Waals surface area contributed by atoms with Crippen LogP contribution in [-0.2, 0) is 4.79 Å². The average molecular weight is 399 g/mol. The van der Waals surface area contributed by atoms with E-state index in [0.717, 1.165) is 10.5 Å². The number of aryl methyl sites for hydroxylation is 1. The van der Waals surface area contributed by atoms with E-state index in [9.17, 15) is 14.7 Å². The minimum atomic E-state index is -0.685. The van der Waals surface area contributed by atoms with Gasteiger partial charge >= 0.3 is 0 Å². The molecule has 1 aliphatic heterocycles. The third kappa shape index (κ3) is 4.19. The summed E-state index contributed by atoms with van der Waals surface area (Å²) < 4.78 is 11.0. The summed E-state index contributed by atoms with van der Waals surface area (Å²) in [7, 11) is 3.97. The minimum Gasteiger partial charge on any atom is -0.503 e. The standard InChI is InChI=1S/C22H26N2O5/c1-5-28-16-9-7-15(8-10-16)19-18(20(25)17-11-6-14(2)29-17)21(26)22(27)24(19)13-12-23(3)4/h6-11,19,26H,5,12-13H2,1-4H3/p+1/t19-/m1/s1. The topological polar surface area (TPSA) is 84.4 Å². The molecule has 0 fully saturated rings. The number of hydrogen-bond donors (Lipinski definition) is 2. The lowest BCUT2D eigenvalue weighted by molar-refractivity contribution is -0.857. The molecule has 7 heteroatoms. The number of nitrogens with zero attached hydrogens (tertiary/aromatic N) is 1. The van der Waals surface area contributed by atoms with Crippen molar-refractivity contribution < 1.29 is 28.7 Å². The average Bonchev–Trinajstić information content (AvgIpc) is 3.23. The fourth-order valence-electron chi connectivity index (χ4n) is 3.41. The Bertz CT molecular complexity index is 927. The van der Waals surface area contributed by atoms with Crippen molar-refractivity contribution in [2.45, 2.75) is 19.9 Å². The number of furan rings is 1. The second-order valence-electron chi connectivity index (χ2n) is 7.36. The van der Waals surface area contributed by atoms with E-state index in [1.165, 1.54) is 0 Å². The van der Waals surface area contributed by atoms with Gasteiger partial charge in [0.15, 0.2) is 11.5 Å². The van der Waals surface area contributed by atoms with E-state index in [-0.39, 0.29) is 11.3 Å². The molecule has 0 saturated heterocycles. The van der Waals surface area contributed by atoms with Crippen LogP contribution < -0.4 is 9.64 Å². The van der Waals surface area contributed by atoms with Crippen molar-refractivity contribution in [2.75, 3.05) is 33.8 Å². The number of nitrogens with one attached hydrogen (secondary N) is 1. The second-order valence-corrected chi connectivity index (χ2v) is 7.36. The highest BCUT2D eigenvalue weighted by atomic mass is 16.5. The Labute approximate surface area is 170 Å². The monoisotopic (exact) mass is 399 g/mol. The lowest BCUT2D eigenvalue weighted by Crippen LogP contribution is -3.06. The van der Waals surface area contributed by atoms with Crippen molar-refractivity contribution >= 4 is 11.7 Å². The van der Waals surface area contributed by atoms with Crippen LogP contribution in [0.2, 0.25) is 0 Å². The highest BCUT2D eigenvalue weighted by molar-refractivity contribution is 6.15. The van der Waals surface area contributed by atoms with Crippen molar-refractivity contribution in [1.29, 1.82) is 0 Å². The molecule has 154 valence electrons. The Morgan fingerprint density at radius 2 is 1.90 bits per heavy atom. The summed E-state index contributed by atoms with van der Waals surface area (Å²) in [4.78, 5) is 28.7. The first kappa shape index (κ1) is 20.7. The minimum absolute atomic E-state index is 0.0438. The molecule has 0 bridgehead atoms. The van der Waals surface area contributed by atoms with Gasteiger partial charge in [-0.25, -0.2) is 0 Å². The van der Waals surface area contributed by atoms with Crippen molar-refractivity contribution in [3.05, 3.63) is 64.8 Å². The Kier molecular flexibility index (Phi) is 6.08. The first-order chi connectivity index (χ1) is 13.8. The Hall–Kier alpha value is -3.06. The number of aliphatic hydroxyl groups is 1. The van der Waals surface area contributed by atoms with E-state index in [1.54, 1.807) is 36.1 Å². The molecule has 2 aromatic rings. The quantitative estimate of drug-likeness (QED) is 0.660. The molecule has 1 atom stereocenters. The number of ether oxygens (including phenoxy) is 1. The molecule has 0 unspecified atom stereocenters. The van der Waals surface area contributed by atoms with Crippen LogP contribution in [0.1, 0.15) is 34.8 Å². The number of carbonyl (C=O) groups excluding carboxylic acids is 2. The van der Waals surface area contributed by atoms with E-state index < -0.39 is 23.5 Å². The predicted molar refractivity (Wildman–Crippen MR) is 107 cm³/mol. The number of ketones is 1. The van der Waals surface area contributed by atoms with Crippen LogP contribution in [0, 0.1) is 6.92 Å². The first-order valence-corrected chi connectivity index (χ1v) is 9.70. The number of Topliss-reactive ketones (excluding diaryl/α,β-unsaturated/α-hetero) is 1. The van der Waals surface area contributed by atoms with Crippen LogP contribution in [0.25, 0.3) is 0 Å². The van der Waals surface area contributed by atoms with E-state index in [1.807, 2.05) is 33.2 Å². The summed E-state index contributed by atoms with van der Waals surface area (Å²) in [6.45, 7) is 5.25. The van der Waals surface area contributed by atoms with Gasteiger partial charge in [-0.05, 0) is 43.7 Å². The van der Waals surface area contributed by atoms with Crippen LogP contribution >= 0.6 is 0 Å². The van der Waals surface area contributed by atoms with Crippen LogP contribution in [0.15, 0.2) is 52.1 Å². The van der Waals surface area contributed by atoms with Gasteiger partial charge in [0, 0.05) is 0 Å². The second kappa shape index (κ2) is 8.53. The van der Waals surface area contributed by atoms with Gasteiger partial charge in [0.1, 0.15) is 11.5 Å². The molecule has 0 aliphatic carbocycles. The Morgan fingerprint density at radius 3 is 2.45 bits per heavy atom. The largest absolute Gasteiger partial charge is 0.503 e. The smallest absolute Gasteiger partial charge is 0.290 e. The summed E-state index contributed by atoms with van der Waals surface area (Å²) in [5, 5.41) is 10.6. The van der Waals surface area contributed by atoms with Crippen molar-refractivity contribution in [3.8, 4) is 5.75 Å². The van der Waals surface area contributed by atoms with Gasteiger partial charge < -0.3 is 24.1 Å². The van der Waals surface area contributed by atoms with Gasteiger partial charge in [-0.1, -0.05) is 12.1 Å². The number of benzene rings is 1. The van der Waals surface area contributed by atoms with Gasteiger partial charge in [-0.15, -0.1) is 0 Å². The van der Waals surface area contributed by atoms with Crippen LogP contribution in [0.4, 0.5) is 0 Å². The highest BCUT2D eigenvalue weighted by Gasteiger charge is 2.44. The van der Waals surface area contributed by atoms with E-state index >= 15 is 0 Å². The van der Waals surface area contributed by atoms with Gasteiger partial charge in [0.05, 0.1) is 45.4 Å². The Balaban J connectivity index is 2.02. The molecule has 1 amide bonds. The molecule has 3 rings (SSSR count). The third-order valence-electron chi connectivity index (χ3n) is 4.87. The summed E-state index contributed by atoms with van der Waals surface area (Å²) in [5.74, 6) is -0.153. The van der Waals surface area contributed by atoms with Crippen LogP contribution in [0.3, 0.4) is 0 Å². The molecule has 2 heterocycles. The molecule has 2 N–H and O–H groups in total. The maximum absolute atomic E-state index is 13.1. The number of aliphatic hydroxyl groups excluding tert-OH is 1. The van der Waals surface area contributed by atoms with Crippen LogP contribution in [0.5, 0.6) is 5.75 Å². The van der Waals surface area contributed by atoms with Crippen molar-refractivity contribution in [1.82, 2.24) is 4.90 Å². The van der Waals surface area contributed by atoms with Gasteiger partial charge in [0.2, 0.25) is 5.78 Å². The summed E-state index contributed by atoms with van der Waals surface area (Å²) in [6.07, 6.45) is 0. The molecule has 0 saturated carbocycles. The molecule has 0 radical (unpaired) electrons. The van der Waals surface area contributed by atoms with E-state index in [4.69, 9.17) is 9.15 Å². The summed E-state index contributed by atoms with van der Waals surface area (Å²) in [6, 6.07) is 9.79. The van der Waals surface area contributed by atoms with Crippen molar-refractivity contribution in [3.63, 3.8) is 0 Å². The van der Waals surface area contributed by atoms with Crippen LogP contribution in [-0.4, -0.2) is 55.5 Å². The third-order valence-corrected chi connectivity index (χ3v) is 4.87. The number of hydrogen-bond acceptors (Lipinski definition) is 5. The van der Waals surface area contributed by atoms with Gasteiger partial charge in [-0.2, -0.15) is 0 Å².